The lowest BCUT2D eigenvalue weighted by Crippen LogP contribution is -2.62. The van der Waals surface area contributed by atoms with E-state index in [9.17, 15) is 14.4 Å². The van der Waals surface area contributed by atoms with Gasteiger partial charge in [0.15, 0.2) is 6.10 Å². The van der Waals surface area contributed by atoms with Gasteiger partial charge in [-0.3, -0.25) is 10.1 Å². The molecule has 4 aliphatic carbocycles. The van der Waals surface area contributed by atoms with Crippen molar-refractivity contribution in [3.05, 3.63) is 21.4 Å². The standard InChI is InChI=1S/C21H28N2O4S/c1-11-4-17(13(3)28-11)19(25)27-12(2)18(24)22-20(26)23-21-8-14-5-15(9-21)7-16(6-14)10-21/h4,12,14-16H,5-10H2,1-3H3,(H2,22,23,24,26)/t12-,14?,15?,16?,21?/m0/s1. The molecule has 1 atom stereocenters. The number of hydrogen-bond donors (Lipinski definition) is 2. The number of esters is 1. The van der Waals surface area contributed by atoms with E-state index in [1.54, 1.807) is 6.07 Å². The number of thiophene rings is 1. The molecule has 152 valence electrons. The fourth-order valence-corrected chi connectivity index (χ4v) is 6.77. The van der Waals surface area contributed by atoms with Crippen LogP contribution in [0, 0.1) is 31.6 Å². The highest BCUT2D eigenvalue weighted by Gasteiger charge is 2.51. The van der Waals surface area contributed by atoms with Crippen LogP contribution in [0.15, 0.2) is 6.07 Å². The van der Waals surface area contributed by atoms with Gasteiger partial charge in [-0.05, 0) is 83.1 Å². The monoisotopic (exact) mass is 404 g/mol. The molecule has 4 bridgehead atoms. The maximum absolute atomic E-state index is 12.5. The molecular formula is C21H28N2O4S. The van der Waals surface area contributed by atoms with Crippen molar-refractivity contribution in [2.24, 2.45) is 17.8 Å². The summed E-state index contributed by atoms with van der Waals surface area (Å²) in [5.41, 5.74) is 0.310. The third kappa shape index (κ3) is 3.81. The van der Waals surface area contributed by atoms with Crippen LogP contribution in [0.5, 0.6) is 0 Å². The zero-order valence-electron chi connectivity index (χ0n) is 16.7. The average molecular weight is 405 g/mol. The van der Waals surface area contributed by atoms with E-state index in [1.165, 1.54) is 37.5 Å². The molecule has 4 aliphatic rings. The number of amides is 3. The minimum atomic E-state index is -1.03. The van der Waals surface area contributed by atoms with Crippen LogP contribution in [-0.2, 0) is 9.53 Å². The zero-order valence-corrected chi connectivity index (χ0v) is 17.5. The summed E-state index contributed by atoms with van der Waals surface area (Å²) in [4.78, 5) is 39.0. The highest BCUT2D eigenvalue weighted by Crippen LogP contribution is 2.55. The van der Waals surface area contributed by atoms with Gasteiger partial charge in [-0.1, -0.05) is 0 Å². The number of nitrogens with one attached hydrogen (secondary N) is 2. The van der Waals surface area contributed by atoms with Crippen LogP contribution in [0.1, 0.15) is 65.6 Å². The number of carbonyl (C=O) groups excluding carboxylic acids is 3. The minimum Gasteiger partial charge on any atom is -0.449 e. The Morgan fingerprint density at radius 2 is 1.68 bits per heavy atom. The quantitative estimate of drug-likeness (QED) is 0.750. The Kier molecular flexibility index (Phi) is 4.98. The largest absolute Gasteiger partial charge is 0.449 e. The van der Waals surface area contributed by atoms with Crippen molar-refractivity contribution in [1.82, 2.24) is 10.6 Å². The van der Waals surface area contributed by atoms with Crippen molar-refractivity contribution < 1.29 is 19.1 Å². The SMILES string of the molecule is Cc1cc(C(=O)O[C@@H](C)C(=O)NC(=O)NC23CC4CC(CC(C4)C2)C3)c(C)s1. The first-order valence-electron chi connectivity index (χ1n) is 10.1. The van der Waals surface area contributed by atoms with E-state index < -0.39 is 24.0 Å². The summed E-state index contributed by atoms with van der Waals surface area (Å²) in [7, 11) is 0. The molecule has 4 fully saturated rings. The van der Waals surface area contributed by atoms with Gasteiger partial charge in [0.2, 0.25) is 0 Å². The van der Waals surface area contributed by atoms with E-state index in [1.807, 2.05) is 13.8 Å². The number of carbonyl (C=O) groups is 3. The Balaban J connectivity index is 1.31. The van der Waals surface area contributed by atoms with Crippen LogP contribution >= 0.6 is 11.3 Å². The first kappa shape index (κ1) is 19.4. The first-order chi connectivity index (χ1) is 13.2. The maximum atomic E-state index is 12.5. The van der Waals surface area contributed by atoms with Crippen molar-refractivity contribution in [1.29, 1.82) is 0 Å². The summed E-state index contributed by atoms with van der Waals surface area (Å²) in [6.07, 6.45) is 5.88. The van der Waals surface area contributed by atoms with Gasteiger partial charge < -0.3 is 10.1 Å². The van der Waals surface area contributed by atoms with Crippen LogP contribution < -0.4 is 10.6 Å². The van der Waals surface area contributed by atoms with E-state index in [0.717, 1.165) is 29.0 Å². The van der Waals surface area contributed by atoms with Crippen LogP contribution in [0.2, 0.25) is 0 Å². The third-order valence-electron chi connectivity index (χ3n) is 6.57. The lowest BCUT2D eigenvalue weighted by Gasteiger charge is -2.56. The Morgan fingerprint density at radius 3 is 2.18 bits per heavy atom. The fourth-order valence-electron chi connectivity index (χ4n) is 5.86. The predicted molar refractivity (Wildman–Crippen MR) is 106 cm³/mol. The Morgan fingerprint density at radius 1 is 1.11 bits per heavy atom. The molecule has 1 aromatic rings. The number of rotatable bonds is 4. The van der Waals surface area contributed by atoms with Crippen LogP contribution in [0.4, 0.5) is 4.79 Å². The van der Waals surface area contributed by atoms with Crippen molar-refractivity contribution >= 4 is 29.2 Å². The summed E-state index contributed by atoms with van der Waals surface area (Å²) >= 11 is 1.51. The van der Waals surface area contributed by atoms with E-state index >= 15 is 0 Å². The van der Waals surface area contributed by atoms with Gasteiger partial charge in [-0.2, -0.15) is 0 Å². The molecule has 0 aliphatic heterocycles. The summed E-state index contributed by atoms with van der Waals surface area (Å²) < 4.78 is 5.26. The highest BCUT2D eigenvalue weighted by molar-refractivity contribution is 7.12. The van der Waals surface area contributed by atoms with Crippen molar-refractivity contribution in [2.45, 2.75) is 70.9 Å². The second kappa shape index (κ2) is 7.17. The van der Waals surface area contributed by atoms with Crippen molar-refractivity contribution in [2.75, 3.05) is 0 Å². The fraction of sp³-hybridized carbons (Fsp3) is 0.667. The predicted octanol–water partition coefficient (Wildman–Crippen LogP) is 3.70. The maximum Gasteiger partial charge on any atom is 0.340 e. The van der Waals surface area contributed by atoms with Gasteiger partial charge in [0.25, 0.3) is 5.91 Å². The zero-order chi connectivity index (χ0) is 20.1. The lowest BCUT2D eigenvalue weighted by molar-refractivity contribution is -0.128. The van der Waals surface area contributed by atoms with Crippen LogP contribution in [-0.4, -0.2) is 29.6 Å². The molecule has 1 aromatic heterocycles. The van der Waals surface area contributed by atoms with Gasteiger partial charge in [0.1, 0.15) is 0 Å². The highest BCUT2D eigenvalue weighted by atomic mass is 32.1. The Hall–Kier alpha value is -1.89. The number of ether oxygens (including phenoxy) is 1. The Bertz CT molecular complexity index is 780. The van der Waals surface area contributed by atoms with Gasteiger partial charge in [-0.25, -0.2) is 9.59 Å². The molecule has 0 unspecified atom stereocenters. The summed E-state index contributed by atoms with van der Waals surface area (Å²) in [5.74, 6) is 0.990. The molecule has 28 heavy (non-hydrogen) atoms. The number of aryl methyl sites for hydroxylation is 2. The molecule has 0 aromatic carbocycles. The Labute approximate surface area is 169 Å². The van der Waals surface area contributed by atoms with E-state index in [2.05, 4.69) is 10.6 Å². The average Bonchev–Trinajstić information content (AvgIpc) is 2.91. The normalized spacial score (nSPS) is 31.3. The lowest BCUT2D eigenvalue weighted by atomic mass is 9.53. The molecule has 2 N–H and O–H groups in total. The summed E-state index contributed by atoms with van der Waals surface area (Å²) in [6, 6.07) is 1.28. The minimum absolute atomic E-state index is 0.162. The van der Waals surface area contributed by atoms with E-state index in [4.69, 9.17) is 4.74 Å². The van der Waals surface area contributed by atoms with Crippen molar-refractivity contribution in [3.63, 3.8) is 0 Å². The van der Waals surface area contributed by atoms with Gasteiger partial charge in [0, 0.05) is 15.3 Å². The first-order valence-corrected chi connectivity index (χ1v) is 11.0. The number of imide groups is 1. The van der Waals surface area contributed by atoms with Crippen LogP contribution in [0.3, 0.4) is 0 Å². The molecule has 0 spiro atoms. The number of urea groups is 1. The topological polar surface area (TPSA) is 84.5 Å². The van der Waals surface area contributed by atoms with Crippen molar-refractivity contribution in [3.8, 4) is 0 Å². The molecule has 4 saturated carbocycles. The van der Waals surface area contributed by atoms with Gasteiger partial charge in [-0.15, -0.1) is 11.3 Å². The molecule has 7 heteroatoms. The van der Waals surface area contributed by atoms with Gasteiger partial charge in [0.05, 0.1) is 5.56 Å². The number of hydrogen-bond acceptors (Lipinski definition) is 5. The van der Waals surface area contributed by atoms with Crippen LogP contribution in [0.25, 0.3) is 0 Å². The molecule has 3 amide bonds. The molecular weight excluding hydrogens is 376 g/mol. The molecule has 5 rings (SSSR count). The second-order valence-electron chi connectivity index (χ2n) is 9.02. The summed E-state index contributed by atoms with van der Waals surface area (Å²) in [6.45, 7) is 5.25. The molecule has 1 heterocycles. The van der Waals surface area contributed by atoms with E-state index in [-0.39, 0.29) is 5.54 Å². The third-order valence-corrected chi connectivity index (χ3v) is 7.53. The summed E-state index contributed by atoms with van der Waals surface area (Å²) in [5, 5.41) is 5.47. The van der Waals surface area contributed by atoms with Gasteiger partial charge >= 0.3 is 12.0 Å². The molecule has 0 saturated heterocycles. The van der Waals surface area contributed by atoms with E-state index in [0.29, 0.717) is 23.3 Å². The molecule has 0 radical (unpaired) electrons. The second-order valence-corrected chi connectivity index (χ2v) is 10.5. The molecule has 6 nitrogen and oxygen atoms in total. The smallest absolute Gasteiger partial charge is 0.340 e.